The number of nitrogens with one attached hydrogen (secondary N) is 1. The van der Waals surface area contributed by atoms with E-state index in [-0.39, 0.29) is 23.5 Å². The highest BCUT2D eigenvalue weighted by Gasteiger charge is 2.15. The number of amides is 1. The van der Waals surface area contributed by atoms with Gasteiger partial charge < -0.3 is 14.6 Å². The number of aromatic nitrogens is 4. The Bertz CT molecular complexity index is 1260. The molecular formula is C20H25N7O4. The number of rotatable bonds is 7. The predicted molar refractivity (Wildman–Crippen MR) is 118 cm³/mol. The molecule has 164 valence electrons. The Labute approximate surface area is 177 Å². The van der Waals surface area contributed by atoms with Crippen LogP contribution in [0.5, 0.6) is 5.75 Å². The van der Waals surface area contributed by atoms with Crippen LogP contribution in [0.2, 0.25) is 0 Å². The number of aromatic hydroxyl groups is 1. The molecule has 2 N–H and O–H groups in total. The van der Waals surface area contributed by atoms with Gasteiger partial charge in [-0.05, 0) is 26.0 Å². The van der Waals surface area contributed by atoms with E-state index < -0.39 is 17.2 Å². The fraction of sp³-hybridized carbons (Fsp3) is 0.350. The summed E-state index contributed by atoms with van der Waals surface area (Å²) in [4.78, 5) is 42.7. The summed E-state index contributed by atoms with van der Waals surface area (Å²) in [5.74, 6) is -0.434. The van der Waals surface area contributed by atoms with Gasteiger partial charge in [0.05, 0.1) is 12.5 Å². The van der Waals surface area contributed by atoms with E-state index in [9.17, 15) is 19.5 Å². The molecule has 3 aromatic rings. The lowest BCUT2D eigenvalue weighted by Crippen LogP contribution is -2.37. The van der Waals surface area contributed by atoms with Crippen LogP contribution in [-0.2, 0) is 25.4 Å². The second-order valence-corrected chi connectivity index (χ2v) is 6.96. The molecule has 0 radical (unpaired) electrons. The summed E-state index contributed by atoms with van der Waals surface area (Å²) in [6, 6.07) is 5.23. The molecule has 0 saturated carbocycles. The number of phenolic OH excluding ortho intramolecular Hbond substituents is 1. The molecule has 0 aliphatic rings. The highest BCUT2D eigenvalue weighted by Crippen LogP contribution is 2.23. The lowest BCUT2D eigenvalue weighted by atomic mass is 10.2. The van der Waals surface area contributed by atoms with E-state index in [0.717, 1.165) is 23.3 Å². The molecule has 2 aromatic heterocycles. The highest BCUT2D eigenvalue weighted by molar-refractivity contribution is 5.86. The zero-order chi connectivity index (χ0) is 22.7. The van der Waals surface area contributed by atoms with Crippen LogP contribution in [-0.4, -0.2) is 49.0 Å². The predicted octanol–water partition coefficient (Wildman–Crippen LogP) is 0.136. The number of hydrogen-bond acceptors (Lipinski definition) is 7. The third-order valence-corrected chi connectivity index (χ3v) is 5.06. The number of aryl methyl sites for hydroxylation is 1. The molecule has 0 unspecified atom stereocenters. The molecule has 0 fully saturated rings. The zero-order valence-electron chi connectivity index (χ0n) is 17.9. The molecule has 0 aliphatic carbocycles. The van der Waals surface area contributed by atoms with Crippen molar-refractivity contribution >= 4 is 29.0 Å². The number of nitrogens with zero attached hydrogens (tertiary/aromatic N) is 6. The largest absolute Gasteiger partial charge is 0.507 e. The van der Waals surface area contributed by atoms with Crippen molar-refractivity contribution in [3.8, 4) is 5.75 Å². The average molecular weight is 427 g/mol. The maximum absolute atomic E-state index is 12.3. The van der Waals surface area contributed by atoms with Crippen molar-refractivity contribution < 1.29 is 9.90 Å². The van der Waals surface area contributed by atoms with Gasteiger partial charge in [0.25, 0.3) is 11.5 Å². The average Bonchev–Trinajstić information content (AvgIpc) is 3.16. The Morgan fingerprint density at radius 2 is 1.94 bits per heavy atom. The first kappa shape index (κ1) is 21.8. The van der Waals surface area contributed by atoms with E-state index >= 15 is 0 Å². The van der Waals surface area contributed by atoms with Gasteiger partial charge in [-0.1, -0.05) is 0 Å². The molecule has 11 nitrogen and oxygen atoms in total. The summed E-state index contributed by atoms with van der Waals surface area (Å²) >= 11 is 0. The number of imidazole rings is 1. The Morgan fingerprint density at radius 1 is 1.23 bits per heavy atom. The minimum Gasteiger partial charge on any atom is -0.507 e. The lowest BCUT2D eigenvalue weighted by Gasteiger charge is -2.21. The standard InChI is InChI=1S/C20H25N7O4/c1-5-26(6-2)14-8-7-13(15(28)9-14)10-22-23-16(29)11-27-12-21-17-18(27)24(3)20(31)25(4)19(17)30/h7-10,12,28H,5-6,11H2,1-4H3,(H,23,29)/b22-10+. The first-order valence-corrected chi connectivity index (χ1v) is 9.79. The van der Waals surface area contributed by atoms with Crippen molar-refractivity contribution in [1.29, 1.82) is 0 Å². The number of anilines is 1. The normalized spacial score (nSPS) is 11.4. The third-order valence-electron chi connectivity index (χ3n) is 5.06. The molecule has 1 aromatic carbocycles. The molecular weight excluding hydrogens is 402 g/mol. The van der Waals surface area contributed by atoms with Crippen molar-refractivity contribution in [3.63, 3.8) is 0 Å². The Kier molecular flexibility index (Phi) is 6.23. The Balaban J connectivity index is 1.73. The fourth-order valence-corrected chi connectivity index (χ4v) is 3.35. The van der Waals surface area contributed by atoms with Gasteiger partial charge in [-0.3, -0.25) is 18.7 Å². The summed E-state index contributed by atoms with van der Waals surface area (Å²) in [5.41, 5.74) is 3.02. The Morgan fingerprint density at radius 3 is 2.58 bits per heavy atom. The zero-order valence-corrected chi connectivity index (χ0v) is 17.9. The van der Waals surface area contributed by atoms with E-state index in [1.54, 1.807) is 12.1 Å². The molecule has 31 heavy (non-hydrogen) atoms. The van der Waals surface area contributed by atoms with E-state index in [1.807, 2.05) is 19.9 Å². The molecule has 1 amide bonds. The first-order valence-electron chi connectivity index (χ1n) is 9.79. The minimum atomic E-state index is -0.529. The summed E-state index contributed by atoms with van der Waals surface area (Å²) in [6.07, 6.45) is 2.67. The van der Waals surface area contributed by atoms with Crippen LogP contribution < -0.4 is 21.6 Å². The van der Waals surface area contributed by atoms with E-state index in [0.29, 0.717) is 5.56 Å². The van der Waals surface area contributed by atoms with Crippen LogP contribution in [0.25, 0.3) is 11.2 Å². The van der Waals surface area contributed by atoms with Crippen LogP contribution in [0, 0.1) is 0 Å². The Hall–Kier alpha value is -3.89. The quantitative estimate of drug-likeness (QED) is 0.408. The van der Waals surface area contributed by atoms with Crippen molar-refractivity contribution in [1.82, 2.24) is 24.1 Å². The summed E-state index contributed by atoms with van der Waals surface area (Å²) in [7, 11) is 2.87. The fourth-order valence-electron chi connectivity index (χ4n) is 3.35. The smallest absolute Gasteiger partial charge is 0.332 e. The van der Waals surface area contributed by atoms with Crippen molar-refractivity contribution in [2.75, 3.05) is 18.0 Å². The molecule has 11 heteroatoms. The van der Waals surface area contributed by atoms with Gasteiger partial charge in [0, 0.05) is 44.5 Å². The minimum absolute atomic E-state index is 0.0499. The number of carbonyl (C=O) groups excluding carboxylic acids is 1. The van der Waals surface area contributed by atoms with Gasteiger partial charge in [0.2, 0.25) is 0 Å². The first-order chi connectivity index (χ1) is 14.8. The summed E-state index contributed by atoms with van der Waals surface area (Å²) in [6.45, 7) is 5.51. The van der Waals surface area contributed by atoms with Crippen LogP contribution in [0.4, 0.5) is 5.69 Å². The summed E-state index contributed by atoms with van der Waals surface area (Å²) in [5, 5.41) is 14.1. The maximum atomic E-state index is 12.3. The van der Waals surface area contributed by atoms with Gasteiger partial charge in [-0.25, -0.2) is 15.2 Å². The molecule has 3 rings (SSSR count). The van der Waals surface area contributed by atoms with Crippen molar-refractivity contribution in [2.45, 2.75) is 20.4 Å². The van der Waals surface area contributed by atoms with Crippen LogP contribution in [0.15, 0.2) is 39.2 Å². The molecule has 2 heterocycles. The van der Waals surface area contributed by atoms with Crippen LogP contribution in [0.1, 0.15) is 19.4 Å². The highest BCUT2D eigenvalue weighted by atomic mass is 16.3. The number of phenols is 1. The number of carbonyl (C=O) groups is 1. The topological polar surface area (TPSA) is 127 Å². The van der Waals surface area contributed by atoms with Crippen molar-refractivity contribution in [3.05, 3.63) is 50.9 Å². The van der Waals surface area contributed by atoms with Gasteiger partial charge in [-0.15, -0.1) is 0 Å². The third kappa shape index (κ3) is 4.20. The second kappa shape index (κ2) is 8.86. The number of benzene rings is 1. The van der Waals surface area contributed by atoms with Crippen LogP contribution in [0.3, 0.4) is 0 Å². The van der Waals surface area contributed by atoms with E-state index in [4.69, 9.17) is 0 Å². The van der Waals surface area contributed by atoms with Crippen molar-refractivity contribution in [2.24, 2.45) is 19.2 Å². The second-order valence-electron chi connectivity index (χ2n) is 6.96. The van der Waals surface area contributed by atoms with Gasteiger partial charge in [0.1, 0.15) is 17.9 Å². The molecule has 0 bridgehead atoms. The van der Waals surface area contributed by atoms with Gasteiger partial charge in [0.15, 0.2) is 5.52 Å². The van der Waals surface area contributed by atoms with Gasteiger partial charge >= 0.3 is 5.69 Å². The van der Waals surface area contributed by atoms with Crippen LogP contribution >= 0.6 is 0 Å². The number of hydrazone groups is 1. The number of hydrogen-bond donors (Lipinski definition) is 2. The molecule has 0 atom stereocenters. The molecule has 0 spiro atoms. The maximum Gasteiger partial charge on any atom is 0.332 e. The van der Waals surface area contributed by atoms with E-state index in [2.05, 4.69) is 20.4 Å². The summed E-state index contributed by atoms with van der Waals surface area (Å²) < 4.78 is 3.62. The van der Waals surface area contributed by atoms with E-state index in [1.165, 1.54) is 35.8 Å². The number of fused-ring (bicyclic) bond motifs is 1. The molecule has 0 aliphatic heterocycles. The van der Waals surface area contributed by atoms with Gasteiger partial charge in [-0.2, -0.15) is 5.10 Å². The SMILES string of the molecule is CCN(CC)c1ccc(/C=N/NC(=O)Cn2cnc3c(=O)n(C)c(=O)n(C)c32)c(O)c1. The molecule has 0 saturated heterocycles. The lowest BCUT2D eigenvalue weighted by molar-refractivity contribution is -0.121. The monoisotopic (exact) mass is 427 g/mol.